The molecule has 1 saturated heterocycles. The molecule has 1 amide bonds. The van der Waals surface area contributed by atoms with E-state index in [-0.39, 0.29) is 30.7 Å². The standard InChI is InChI=1S/C20H25N3O2.2ClH/c24-20(17-21-18-7-3-1-4-8-18)23-13-11-22(12-14-23)15-16-25-19-9-5-2-6-10-19;;/h1-10,21H,11-17H2;2*1H. The van der Waals surface area contributed by atoms with E-state index in [1.807, 2.05) is 65.6 Å². The summed E-state index contributed by atoms with van der Waals surface area (Å²) in [6.07, 6.45) is 0. The molecule has 0 unspecified atom stereocenters. The van der Waals surface area contributed by atoms with E-state index in [1.54, 1.807) is 0 Å². The highest BCUT2D eigenvalue weighted by atomic mass is 35.5. The van der Waals surface area contributed by atoms with Crippen molar-refractivity contribution in [3.8, 4) is 5.75 Å². The first kappa shape index (κ1) is 23.1. The molecule has 7 heteroatoms. The molecule has 0 aromatic heterocycles. The number of amides is 1. The second-order valence-corrected chi connectivity index (χ2v) is 6.10. The highest BCUT2D eigenvalue weighted by molar-refractivity contribution is 5.85. The van der Waals surface area contributed by atoms with E-state index < -0.39 is 0 Å². The molecule has 3 rings (SSSR count). The molecule has 0 radical (unpaired) electrons. The van der Waals surface area contributed by atoms with Gasteiger partial charge < -0.3 is 15.0 Å². The van der Waals surface area contributed by atoms with Gasteiger partial charge in [-0.25, -0.2) is 0 Å². The Kier molecular flexibility index (Phi) is 10.6. The number of hydrogen-bond donors (Lipinski definition) is 1. The first-order valence-electron chi connectivity index (χ1n) is 8.78. The Morgan fingerprint density at radius 1 is 0.889 bits per heavy atom. The van der Waals surface area contributed by atoms with Crippen LogP contribution in [0, 0.1) is 0 Å². The SMILES string of the molecule is Cl.Cl.O=C(CNc1ccccc1)N1CCN(CCOc2ccccc2)CC1. The van der Waals surface area contributed by atoms with E-state index in [2.05, 4.69) is 10.2 Å². The van der Waals surface area contributed by atoms with E-state index >= 15 is 0 Å². The Labute approximate surface area is 173 Å². The molecule has 1 aliphatic rings. The second kappa shape index (κ2) is 12.4. The summed E-state index contributed by atoms with van der Waals surface area (Å²) in [5.74, 6) is 1.06. The number of carbonyl (C=O) groups excluding carboxylic acids is 1. The molecule has 1 fully saturated rings. The predicted molar refractivity (Wildman–Crippen MR) is 114 cm³/mol. The monoisotopic (exact) mass is 411 g/mol. The van der Waals surface area contributed by atoms with Gasteiger partial charge in [0.15, 0.2) is 0 Å². The third-order valence-electron chi connectivity index (χ3n) is 4.36. The molecule has 2 aromatic carbocycles. The zero-order chi connectivity index (χ0) is 17.3. The molecule has 0 saturated carbocycles. The summed E-state index contributed by atoms with van der Waals surface area (Å²) in [4.78, 5) is 16.6. The highest BCUT2D eigenvalue weighted by Crippen LogP contribution is 2.09. The summed E-state index contributed by atoms with van der Waals surface area (Å²) in [7, 11) is 0. The fourth-order valence-corrected chi connectivity index (χ4v) is 2.88. The predicted octanol–water partition coefficient (Wildman–Crippen LogP) is 3.17. The van der Waals surface area contributed by atoms with Gasteiger partial charge in [-0.2, -0.15) is 0 Å². The van der Waals surface area contributed by atoms with Crippen molar-refractivity contribution in [1.29, 1.82) is 0 Å². The van der Waals surface area contributed by atoms with Crippen LogP contribution in [0.25, 0.3) is 0 Å². The molecule has 5 nitrogen and oxygen atoms in total. The zero-order valence-electron chi connectivity index (χ0n) is 15.3. The van der Waals surface area contributed by atoms with Gasteiger partial charge in [0.25, 0.3) is 0 Å². The largest absolute Gasteiger partial charge is 0.492 e. The van der Waals surface area contributed by atoms with Crippen molar-refractivity contribution in [3.05, 3.63) is 60.7 Å². The molecule has 0 bridgehead atoms. The minimum atomic E-state index is 0. The van der Waals surface area contributed by atoms with E-state index in [0.717, 1.165) is 44.2 Å². The molecule has 2 aromatic rings. The van der Waals surface area contributed by atoms with Gasteiger partial charge in [0.1, 0.15) is 12.4 Å². The van der Waals surface area contributed by atoms with Crippen LogP contribution >= 0.6 is 24.8 Å². The Morgan fingerprint density at radius 3 is 2.11 bits per heavy atom. The number of benzene rings is 2. The topological polar surface area (TPSA) is 44.8 Å². The Hall–Kier alpha value is -1.95. The summed E-state index contributed by atoms with van der Waals surface area (Å²) in [5, 5.41) is 3.18. The van der Waals surface area contributed by atoms with E-state index in [9.17, 15) is 4.79 Å². The Morgan fingerprint density at radius 2 is 1.48 bits per heavy atom. The third-order valence-corrected chi connectivity index (χ3v) is 4.36. The number of halogens is 2. The lowest BCUT2D eigenvalue weighted by molar-refractivity contribution is -0.131. The van der Waals surface area contributed by atoms with Gasteiger partial charge in [0.2, 0.25) is 5.91 Å². The number of ether oxygens (including phenoxy) is 1. The molecular formula is C20H27Cl2N3O2. The van der Waals surface area contributed by atoms with Gasteiger partial charge in [0, 0.05) is 38.4 Å². The molecule has 1 heterocycles. The first-order valence-corrected chi connectivity index (χ1v) is 8.78. The van der Waals surface area contributed by atoms with Crippen molar-refractivity contribution in [2.75, 3.05) is 51.2 Å². The fraction of sp³-hybridized carbons (Fsp3) is 0.350. The maximum absolute atomic E-state index is 12.3. The number of nitrogens with one attached hydrogen (secondary N) is 1. The van der Waals surface area contributed by atoms with Crippen molar-refractivity contribution in [2.45, 2.75) is 0 Å². The molecule has 0 atom stereocenters. The van der Waals surface area contributed by atoms with Gasteiger partial charge in [-0.15, -0.1) is 24.8 Å². The summed E-state index contributed by atoms with van der Waals surface area (Å²) in [5.41, 5.74) is 0.979. The smallest absolute Gasteiger partial charge is 0.241 e. The lowest BCUT2D eigenvalue weighted by Crippen LogP contribution is -2.50. The molecule has 148 valence electrons. The number of anilines is 1. The molecule has 1 aliphatic heterocycles. The van der Waals surface area contributed by atoms with Crippen LogP contribution in [0.2, 0.25) is 0 Å². The number of carbonyl (C=O) groups is 1. The molecule has 0 aliphatic carbocycles. The second-order valence-electron chi connectivity index (χ2n) is 6.10. The van der Waals surface area contributed by atoms with E-state index in [0.29, 0.717) is 13.2 Å². The maximum atomic E-state index is 12.3. The number of rotatable bonds is 7. The van der Waals surface area contributed by atoms with Crippen molar-refractivity contribution in [2.24, 2.45) is 0 Å². The zero-order valence-corrected chi connectivity index (χ0v) is 16.9. The quantitative estimate of drug-likeness (QED) is 0.759. The van der Waals surface area contributed by atoms with Crippen LogP contribution in [0.4, 0.5) is 5.69 Å². The minimum Gasteiger partial charge on any atom is -0.492 e. The van der Waals surface area contributed by atoms with Crippen molar-refractivity contribution < 1.29 is 9.53 Å². The minimum absolute atomic E-state index is 0. The van der Waals surface area contributed by atoms with Crippen LogP contribution in [-0.2, 0) is 4.79 Å². The van der Waals surface area contributed by atoms with E-state index in [4.69, 9.17) is 4.74 Å². The number of nitrogens with zero attached hydrogens (tertiary/aromatic N) is 2. The van der Waals surface area contributed by atoms with Crippen LogP contribution < -0.4 is 10.1 Å². The summed E-state index contributed by atoms with van der Waals surface area (Å²) < 4.78 is 5.74. The normalized spacial score (nSPS) is 13.9. The van der Waals surface area contributed by atoms with Crippen molar-refractivity contribution >= 4 is 36.4 Å². The van der Waals surface area contributed by atoms with Gasteiger partial charge in [-0.05, 0) is 24.3 Å². The molecule has 27 heavy (non-hydrogen) atoms. The Balaban J connectivity index is 0.00000182. The molecule has 0 spiro atoms. The fourth-order valence-electron chi connectivity index (χ4n) is 2.88. The number of para-hydroxylation sites is 2. The average molecular weight is 412 g/mol. The van der Waals surface area contributed by atoms with Crippen LogP contribution in [0.5, 0.6) is 5.75 Å². The van der Waals surface area contributed by atoms with Crippen LogP contribution in [-0.4, -0.2) is 61.6 Å². The van der Waals surface area contributed by atoms with Crippen molar-refractivity contribution in [3.63, 3.8) is 0 Å². The lowest BCUT2D eigenvalue weighted by Gasteiger charge is -2.34. The molecular weight excluding hydrogens is 385 g/mol. The van der Waals surface area contributed by atoms with Gasteiger partial charge in [-0.3, -0.25) is 9.69 Å². The summed E-state index contributed by atoms with van der Waals surface area (Å²) in [6.45, 7) is 5.26. The average Bonchev–Trinajstić information content (AvgIpc) is 2.68. The third kappa shape index (κ3) is 7.67. The Bertz CT molecular complexity index is 651. The van der Waals surface area contributed by atoms with Gasteiger partial charge in [0.05, 0.1) is 6.54 Å². The first-order chi connectivity index (χ1) is 12.3. The van der Waals surface area contributed by atoms with Crippen LogP contribution in [0.15, 0.2) is 60.7 Å². The number of piperazine rings is 1. The van der Waals surface area contributed by atoms with Gasteiger partial charge >= 0.3 is 0 Å². The summed E-state index contributed by atoms with van der Waals surface area (Å²) >= 11 is 0. The molecule has 1 N–H and O–H groups in total. The van der Waals surface area contributed by atoms with E-state index in [1.165, 1.54) is 0 Å². The van der Waals surface area contributed by atoms with Crippen molar-refractivity contribution in [1.82, 2.24) is 9.80 Å². The number of hydrogen-bond acceptors (Lipinski definition) is 4. The highest BCUT2D eigenvalue weighted by Gasteiger charge is 2.20. The van der Waals surface area contributed by atoms with Gasteiger partial charge in [-0.1, -0.05) is 36.4 Å². The van der Waals surface area contributed by atoms with Crippen LogP contribution in [0.1, 0.15) is 0 Å². The lowest BCUT2D eigenvalue weighted by atomic mass is 10.3. The summed E-state index contributed by atoms with van der Waals surface area (Å²) in [6, 6.07) is 19.7. The maximum Gasteiger partial charge on any atom is 0.241 e. The van der Waals surface area contributed by atoms with Crippen LogP contribution in [0.3, 0.4) is 0 Å².